The average molecular weight is 653 g/mol. The first-order valence-corrected chi connectivity index (χ1v) is 17.8. The van der Waals surface area contributed by atoms with E-state index in [1.54, 1.807) is 11.8 Å². The molecule has 0 radical (unpaired) electrons. The summed E-state index contributed by atoms with van der Waals surface area (Å²) in [6, 6.07) is 0. The van der Waals surface area contributed by atoms with Gasteiger partial charge in [-0.1, -0.05) is 97.0 Å². The Morgan fingerprint density at radius 3 is 1.68 bits per heavy atom. The van der Waals surface area contributed by atoms with E-state index in [1.165, 1.54) is 83.5 Å². The molecule has 2 aliphatic heterocycles. The van der Waals surface area contributed by atoms with Gasteiger partial charge in [0.1, 0.15) is 48.8 Å². The molecule has 44 heavy (non-hydrogen) atoms. The highest BCUT2D eigenvalue weighted by Gasteiger charge is 2.50. The number of ether oxygens (including phenoxy) is 4. The number of thioether (sulfide) groups is 1. The zero-order chi connectivity index (χ0) is 32.3. The largest absolute Gasteiger partial charge is 0.394 e. The summed E-state index contributed by atoms with van der Waals surface area (Å²) in [6.45, 7) is 5.12. The Balaban J connectivity index is 1.57. The van der Waals surface area contributed by atoms with Crippen molar-refractivity contribution in [3.05, 3.63) is 12.2 Å². The van der Waals surface area contributed by atoms with Crippen molar-refractivity contribution in [1.29, 1.82) is 0 Å². The van der Waals surface area contributed by atoms with Gasteiger partial charge in [-0.05, 0) is 17.7 Å². The van der Waals surface area contributed by atoms with E-state index in [0.717, 1.165) is 17.7 Å². The Morgan fingerprint density at radius 1 is 0.636 bits per heavy atom. The van der Waals surface area contributed by atoms with Crippen molar-refractivity contribution in [2.24, 2.45) is 0 Å². The van der Waals surface area contributed by atoms with Crippen LogP contribution < -0.4 is 0 Å². The van der Waals surface area contributed by atoms with E-state index in [9.17, 15) is 35.7 Å². The summed E-state index contributed by atoms with van der Waals surface area (Å²) in [5, 5.41) is 70.8. The van der Waals surface area contributed by atoms with Crippen molar-refractivity contribution in [3.63, 3.8) is 0 Å². The maximum atomic E-state index is 10.7. The molecule has 0 unspecified atom stereocenters. The summed E-state index contributed by atoms with van der Waals surface area (Å²) in [5.74, 6) is 1.72. The molecule has 10 atom stereocenters. The Hall–Kier alpha value is -0.350. The summed E-state index contributed by atoms with van der Waals surface area (Å²) in [6.07, 6.45) is 3.97. The van der Waals surface area contributed by atoms with E-state index in [4.69, 9.17) is 18.9 Å². The first-order valence-electron chi connectivity index (χ1n) is 16.7. The van der Waals surface area contributed by atoms with Crippen molar-refractivity contribution in [2.45, 2.75) is 158 Å². The van der Waals surface area contributed by atoms with Crippen molar-refractivity contribution < 1.29 is 54.7 Å². The minimum atomic E-state index is -1.71. The van der Waals surface area contributed by atoms with E-state index in [2.05, 4.69) is 13.5 Å². The van der Waals surface area contributed by atoms with Crippen LogP contribution in [0.4, 0.5) is 0 Å². The summed E-state index contributed by atoms with van der Waals surface area (Å²) >= 11 is 1.78. The minimum Gasteiger partial charge on any atom is -0.394 e. The van der Waals surface area contributed by atoms with E-state index in [-0.39, 0.29) is 6.61 Å². The number of hydrogen-bond donors (Lipinski definition) is 7. The second kappa shape index (κ2) is 23.1. The Morgan fingerprint density at radius 2 is 1.14 bits per heavy atom. The lowest BCUT2D eigenvalue weighted by atomic mass is 9.97. The molecule has 0 spiro atoms. The zero-order valence-corrected chi connectivity index (χ0v) is 27.4. The van der Waals surface area contributed by atoms with Crippen LogP contribution >= 0.6 is 11.8 Å². The molecule has 7 N–H and O–H groups in total. The van der Waals surface area contributed by atoms with E-state index >= 15 is 0 Å². The molecule has 2 rings (SSSR count). The van der Waals surface area contributed by atoms with Gasteiger partial charge >= 0.3 is 0 Å². The number of rotatable bonds is 24. The number of aliphatic hydroxyl groups excluding tert-OH is 7. The third-order valence-corrected chi connectivity index (χ3v) is 9.55. The molecular weight excluding hydrogens is 592 g/mol. The molecular formula is C32H60O11S. The minimum absolute atomic E-state index is 0.0938. The van der Waals surface area contributed by atoms with Gasteiger partial charge < -0.3 is 54.7 Å². The summed E-state index contributed by atoms with van der Waals surface area (Å²) in [4.78, 5) is 0. The normalized spacial score (nSPS) is 32.6. The maximum absolute atomic E-state index is 10.7. The standard InChI is InChI=1S/C32H60O11S/c1-3-4-5-6-7-8-9-10-11-12-13-14-15-16-17-44-21-22(2)20-40-31-29(39)27(37)30(24(19-34)42-31)43-32-28(38)26(36)25(35)23(18-33)41-32/h23-39H,2-21H2,1H3/t23-,24-,25+,26+,27-,28-,29-,30+,31-,32-/m1/s1. The van der Waals surface area contributed by atoms with Gasteiger partial charge in [0.25, 0.3) is 0 Å². The van der Waals surface area contributed by atoms with Gasteiger partial charge in [-0.3, -0.25) is 0 Å². The second-order valence-corrected chi connectivity index (χ2v) is 13.3. The van der Waals surface area contributed by atoms with Gasteiger partial charge in [0, 0.05) is 5.75 Å². The molecule has 0 aromatic rings. The highest BCUT2D eigenvalue weighted by atomic mass is 32.2. The van der Waals surface area contributed by atoms with Crippen LogP contribution in [0.25, 0.3) is 0 Å². The predicted octanol–water partition coefficient (Wildman–Crippen LogP) is 2.40. The molecule has 2 fully saturated rings. The number of hydrogen-bond acceptors (Lipinski definition) is 12. The predicted molar refractivity (Wildman–Crippen MR) is 169 cm³/mol. The maximum Gasteiger partial charge on any atom is 0.187 e. The molecule has 260 valence electrons. The van der Waals surface area contributed by atoms with Crippen molar-refractivity contribution in [3.8, 4) is 0 Å². The lowest BCUT2D eigenvalue weighted by Crippen LogP contribution is -2.64. The van der Waals surface area contributed by atoms with Crippen LogP contribution in [0.15, 0.2) is 12.2 Å². The third kappa shape index (κ3) is 13.8. The van der Waals surface area contributed by atoms with E-state index < -0.39 is 74.6 Å². The molecule has 0 aromatic carbocycles. The van der Waals surface area contributed by atoms with Crippen LogP contribution in [0.1, 0.15) is 96.8 Å². The lowest BCUT2D eigenvalue weighted by Gasteiger charge is -2.45. The quantitative estimate of drug-likeness (QED) is 0.0599. The molecule has 2 saturated heterocycles. The van der Waals surface area contributed by atoms with Crippen LogP contribution in [-0.2, 0) is 18.9 Å². The molecule has 11 nitrogen and oxygen atoms in total. The summed E-state index contributed by atoms with van der Waals surface area (Å²) in [5.41, 5.74) is 0.797. The fourth-order valence-corrected chi connectivity index (χ4v) is 6.47. The van der Waals surface area contributed by atoms with Gasteiger partial charge in [-0.2, -0.15) is 11.8 Å². The van der Waals surface area contributed by atoms with Crippen LogP contribution in [0.3, 0.4) is 0 Å². The molecule has 2 heterocycles. The Bertz CT molecular complexity index is 743. The molecule has 0 aromatic heterocycles. The first-order chi connectivity index (χ1) is 21.2. The molecule has 12 heteroatoms. The summed E-state index contributed by atoms with van der Waals surface area (Å²) in [7, 11) is 0. The Labute approximate surface area is 267 Å². The third-order valence-electron chi connectivity index (χ3n) is 8.36. The molecule has 2 aliphatic rings. The van der Waals surface area contributed by atoms with Crippen molar-refractivity contribution in [1.82, 2.24) is 0 Å². The van der Waals surface area contributed by atoms with Crippen LogP contribution in [0.5, 0.6) is 0 Å². The van der Waals surface area contributed by atoms with Crippen LogP contribution in [-0.4, -0.2) is 128 Å². The number of unbranched alkanes of at least 4 members (excludes halogenated alkanes) is 13. The van der Waals surface area contributed by atoms with Crippen LogP contribution in [0, 0.1) is 0 Å². The van der Waals surface area contributed by atoms with Gasteiger partial charge in [-0.25, -0.2) is 0 Å². The highest BCUT2D eigenvalue weighted by Crippen LogP contribution is 2.30. The van der Waals surface area contributed by atoms with E-state index in [0.29, 0.717) is 5.75 Å². The van der Waals surface area contributed by atoms with Gasteiger partial charge in [0.05, 0.1) is 19.8 Å². The fraction of sp³-hybridized carbons (Fsp3) is 0.938. The summed E-state index contributed by atoms with van der Waals surface area (Å²) < 4.78 is 22.2. The molecule has 0 aliphatic carbocycles. The Kier molecular flexibility index (Phi) is 20.9. The van der Waals surface area contributed by atoms with Gasteiger partial charge in [0.15, 0.2) is 12.6 Å². The fourth-order valence-electron chi connectivity index (χ4n) is 5.55. The van der Waals surface area contributed by atoms with Gasteiger partial charge in [-0.15, -0.1) is 0 Å². The average Bonchev–Trinajstić information content (AvgIpc) is 3.02. The highest BCUT2D eigenvalue weighted by molar-refractivity contribution is 7.99. The van der Waals surface area contributed by atoms with Gasteiger partial charge in [0.2, 0.25) is 0 Å². The lowest BCUT2D eigenvalue weighted by molar-refractivity contribution is -0.358. The van der Waals surface area contributed by atoms with Crippen molar-refractivity contribution >= 4 is 11.8 Å². The van der Waals surface area contributed by atoms with E-state index in [1.807, 2.05) is 0 Å². The second-order valence-electron chi connectivity index (χ2n) is 12.2. The molecule has 0 amide bonds. The van der Waals surface area contributed by atoms with Crippen molar-refractivity contribution in [2.75, 3.05) is 31.3 Å². The monoisotopic (exact) mass is 652 g/mol. The zero-order valence-electron chi connectivity index (χ0n) is 26.6. The first kappa shape index (κ1) is 39.8. The van der Waals surface area contributed by atoms with Crippen LogP contribution in [0.2, 0.25) is 0 Å². The number of aliphatic hydroxyl groups is 7. The SMILES string of the molecule is C=C(CO[C@@H]1O[C@H](CO)[C@H](O[C@H]2O[C@H](CO)[C@H](O)[C@H](O)[C@H]2O)[C@H](O)[C@H]1O)CSCCCCCCCCCCCCCCCC. The molecule has 0 saturated carbocycles. The topological polar surface area (TPSA) is 179 Å². The molecule has 0 bridgehead atoms. The smallest absolute Gasteiger partial charge is 0.187 e.